The fourth-order valence-electron chi connectivity index (χ4n) is 2.64. The van der Waals surface area contributed by atoms with E-state index in [0.717, 1.165) is 19.3 Å². The largest absolute Gasteiger partial charge is 0.327 e. The third-order valence-electron chi connectivity index (χ3n) is 4.02. The molecule has 0 radical (unpaired) electrons. The Balaban J connectivity index is 2.24. The van der Waals surface area contributed by atoms with E-state index in [-0.39, 0.29) is 17.8 Å². The molecule has 1 fully saturated rings. The first-order valence-electron chi connectivity index (χ1n) is 6.24. The number of rotatable bonds is 2. The molecule has 1 saturated carbocycles. The van der Waals surface area contributed by atoms with Crippen molar-refractivity contribution in [2.24, 2.45) is 11.1 Å². The van der Waals surface area contributed by atoms with E-state index in [1.54, 1.807) is 19.2 Å². The summed E-state index contributed by atoms with van der Waals surface area (Å²) in [4.78, 5) is 14.0. The fraction of sp³-hybridized carbons (Fsp3) is 0.500. The van der Waals surface area contributed by atoms with Crippen LogP contribution < -0.4 is 10.6 Å². The number of halogens is 1. The van der Waals surface area contributed by atoms with Gasteiger partial charge in [-0.05, 0) is 38.0 Å². The van der Waals surface area contributed by atoms with Gasteiger partial charge in [0.05, 0.1) is 5.41 Å². The molecule has 1 aromatic carbocycles. The minimum Gasteiger partial charge on any atom is -0.327 e. The molecule has 1 aliphatic carbocycles. The summed E-state index contributed by atoms with van der Waals surface area (Å²) in [6, 6.07) is 5.95. The number of hydrogen-bond donors (Lipinski definition) is 1. The zero-order chi connectivity index (χ0) is 13.3. The van der Waals surface area contributed by atoms with Gasteiger partial charge in [0.25, 0.3) is 0 Å². The van der Waals surface area contributed by atoms with Crippen molar-refractivity contribution in [3.63, 3.8) is 0 Å². The Morgan fingerprint density at radius 2 is 2.28 bits per heavy atom. The van der Waals surface area contributed by atoms with Crippen LogP contribution in [0.1, 0.15) is 26.2 Å². The number of anilines is 1. The van der Waals surface area contributed by atoms with E-state index in [1.807, 2.05) is 6.92 Å². The molecule has 18 heavy (non-hydrogen) atoms. The van der Waals surface area contributed by atoms with E-state index in [4.69, 9.17) is 5.73 Å². The zero-order valence-electron chi connectivity index (χ0n) is 10.8. The van der Waals surface area contributed by atoms with E-state index >= 15 is 0 Å². The number of nitrogens with zero attached hydrogens (tertiary/aromatic N) is 1. The van der Waals surface area contributed by atoms with Crippen molar-refractivity contribution in [2.45, 2.75) is 32.2 Å². The molecule has 1 aliphatic rings. The fourth-order valence-corrected chi connectivity index (χ4v) is 2.64. The predicted octanol–water partition coefficient (Wildman–Crippen LogP) is 2.31. The minimum absolute atomic E-state index is 0.0295. The van der Waals surface area contributed by atoms with Gasteiger partial charge in [-0.25, -0.2) is 4.39 Å². The molecule has 2 unspecified atom stereocenters. The van der Waals surface area contributed by atoms with Crippen LogP contribution in [0.3, 0.4) is 0 Å². The molecule has 4 heteroatoms. The lowest BCUT2D eigenvalue weighted by Crippen LogP contribution is -2.48. The van der Waals surface area contributed by atoms with Crippen molar-refractivity contribution in [2.75, 3.05) is 11.9 Å². The molecule has 1 aromatic rings. The molecule has 0 aliphatic heterocycles. The normalized spacial score (nSPS) is 27.2. The second-order valence-electron chi connectivity index (χ2n) is 5.26. The summed E-state index contributed by atoms with van der Waals surface area (Å²) in [7, 11) is 1.67. The topological polar surface area (TPSA) is 46.3 Å². The first-order chi connectivity index (χ1) is 8.45. The number of carbonyl (C=O) groups is 1. The van der Waals surface area contributed by atoms with Crippen LogP contribution >= 0.6 is 0 Å². The van der Waals surface area contributed by atoms with Crippen LogP contribution in [0.5, 0.6) is 0 Å². The van der Waals surface area contributed by atoms with Crippen molar-refractivity contribution in [3.8, 4) is 0 Å². The lowest BCUT2D eigenvalue weighted by molar-refractivity contribution is -0.127. The van der Waals surface area contributed by atoms with E-state index in [2.05, 4.69) is 0 Å². The standard InChI is InChI=1S/C14H19FN2O/c1-14(8-4-7-12(14)16)13(18)17(2)11-6-3-5-10(15)9-11/h3,5-6,9,12H,4,7-8,16H2,1-2H3. The van der Waals surface area contributed by atoms with E-state index in [0.29, 0.717) is 5.69 Å². The highest BCUT2D eigenvalue weighted by Crippen LogP contribution is 2.39. The molecular formula is C14H19FN2O. The van der Waals surface area contributed by atoms with Gasteiger partial charge >= 0.3 is 0 Å². The van der Waals surface area contributed by atoms with Gasteiger partial charge in [0.2, 0.25) is 5.91 Å². The molecule has 98 valence electrons. The second-order valence-corrected chi connectivity index (χ2v) is 5.26. The SMILES string of the molecule is CN(C(=O)C1(C)CCCC1N)c1cccc(F)c1. The Hall–Kier alpha value is -1.42. The summed E-state index contributed by atoms with van der Waals surface area (Å²) in [6.07, 6.45) is 2.65. The second kappa shape index (κ2) is 4.69. The Morgan fingerprint density at radius 3 is 2.83 bits per heavy atom. The maximum Gasteiger partial charge on any atom is 0.234 e. The monoisotopic (exact) mass is 250 g/mol. The van der Waals surface area contributed by atoms with Crippen molar-refractivity contribution >= 4 is 11.6 Å². The smallest absolute Gasteiger partial charge is 0.234 e. The lowest BCUT2D eigenvalue weighted by atomic mass is 9.83. The molecule has 2 N–H and O–H groups in total. The Kier molecular flexibility index (Phi) is 3.39. The molecule has 0 spiro atoms. The molecule has 1 amide bonds. The van der Waals surface area contributed by atoms with Gasteiger partial charge in [-0.15, -0.1) is 0 Å². The average molecular weight is 250 g/mol. The molecule has 2 atom stereocenters. The summed E-state index contributed by atoms with van der Waals surface area (Å²) in [5.41, 5.74) is 6.08. The van der Waals surface area contributed by atoms with Crippen molar-refractivity contribution in [1.29, 1.82) is 0 Å². The van der Waals surface area contributed by atoms with Crippen molar-refractivity contribution in [1.82, 2.24) is 0 Å². The molecule has 3 nitrogen and oxygen atoms in total. The number of hydrogen-bond acceptors (Lipinski definition) is 2. The third-order valence-corrected chi connectivity index (χ3v) is 4.02. The van der Waals surface area contributed by atoms with Crippen LogP contribution in [-0.4, -0.2) is 19.0 Å². The Labute approximate surface area is 107 Å². The van der Waals surface area contributed by atoms with Gasteiger partial charge in [0.1, 0.15) is 5.82 Å². The maximum absolute atomic E-state index is 13.2. The highest BCUT2D eigenvalue weighted by atomic mass is 19.1. The molecular weight excluding hydrogens is 231 g/mol. The molecule has 0 saturated heterocycles. The van der Waals surface area contributed by atoms with Gasteiger partial charge in [-0.2, -0.15) is 0 Å². The Bertz CT molecular complexity index is 463. The highest BCUT2D eigenvalue weighted by molar-refractivity contribution is 5.97. The maximum atomic E-state index is 13.2. The number of benzene rings is 1. The average Bonchev–Trinajstić information content (AvgIpc) is 2.69. The number of amides is 1. The van der Waals surface area contributed by atoms with Gasteiger partial charge < -0.3 is 10.6 Å². The summed E-state index contributed by atoms with van der Waals surface area (Å²) in [5.74, 6) is -0.369. The van der Waals surface area contributed by atoms with Gasteiger partial charge in [-0.3, -0.25) is 4.79 Å². The predicted molar refractivity (Wildman–Crippen MR) is 69.7 cm³/mol. The van der Waals surface area contributed by atoms with E-state index in [1.165, 1.54) is 17.0 Å². The number of carbonyl (C=O) groups excluding carboxylic acids is 1. The van der Waals surface area contributed by atoms with Gasteiger partial charge in [-0.1, -0.05) is 12.5 Å². The van der Waals surface area contributed by atoms with Gasteiger partial charge in [0.15, 0.2) is 0 Å². The van der Waals surface area contributed by atoms with Crippen LogP contribution in [0.2, 0.25) is 0 Å². The third kappa shape index (κ3) is 2.12. The molecule has 2 rings (SSSR count). The first kappa shape index (κ1) is 13.0. The number of nitrogens with two attached hydrogens (primary N) is 1. The summed E-state index contributed by atoms with van der Waals surface area (Å²) in [6.45, 7) is 1.91. The van der Waals surface area contributed by atoms with Crippen LogP contribution in [0.25, 0.3) is 0 Å². The summed E-state index contributed by atoms with van der Waals surface area (Å²) < 4.78 is 13.2. The quantitative estimate of drug-likeness (QED) is 0.875. The van der Waals surface area contributed by atoms with Crippen molar-refractivity contribution in [3.05, 3.63) is 30.1 Å². The summed E-state index contributed by atoms with van der Waals surface area (Å²) in [5, 5.41) is 0. The minimum atomic E-state index is -0.527. The van der Waals surface area contributed by atoms with E-state index in [9.17, 15) is 9.18 Å². The zero-order valence-corrected chi connectivity index (χ0v) is 10.8. The van der Waals surface area contributed by atoms with E-state index < -0.39 is 5.41 Å². The van der Waals surface area contributed by atoms with Crippen LogP contribution in [0.4, 0.5) is 10.1 Å². The highest BCUT2D eigenvalue weighted by Gasteiger charge is 2.44. The molecule has 0 heterocycles. The Morgan fingerprint density at radius 1 is 1.56 bits per heavy atom. The van der Waals surface area contributed by atoms with Crippen LogP contribution in [0.15, 0.2) is 24.3 Å². The van der Waals surface area contributed by atoms with Crippen LogP contribution in [0, 0.1) is 11.2 Å². The summed E-state index contributed by atoms with van der Waals surface area (Å²) >= 11 is 0. The molecule has 0 bridgehead atoms. The van der Waals surface area contributed by atoms with Crippen molar-refractivity contribution < 1.29 is 9.18 Å². The van der Waals surface area contributed by atoms with Gasteiger partial charge in [0, 0.05) is 18.8 Å². The molecule has 0 aromatic heterocycles. The first-order valence-corrected chi connectivity index (χ1v) is 6.24. The van der Waals surface area contributed by atoms with Crippen LogP contribution in [-0.2, 0) is 4.79 Å². The lowest BCUT2D eigenvalue weighted by Gasteiger charge is -2.32.